The minimum atomic E-state index is -0.966. The van der Waals surface area contributed by atoms with Gasteiger partial charge in [0.05, 0.1) is 19.3 Å². The van der Waals surface area contributed by atoms with E-state index in [9.17, 15) is 14.0 Å². The van der Waals surface area contributed by atoms with Crippen molar-refractivity contribution in [3.63, 3.8) is 0 Å². The third-order valence-electron chi connectivity index (χ3n) is 3.30. The number of hydrogen-bond acceptors (Lipinski definition) is 3. The average Bonchev–Trinajstić information content (AvgIpc) is 2.86. The third kappa shape index (κ3) is 3.77. The molecule has 1 aromatic carbocycles. The van der Waals surface area contributed by atoms with Gasteiger partial charge in [0.15, 0.2) is 0 Å². The minimum absolute atomic E-state index is 0.123. The Morgan fingerprint density at radius 2 is 2.00 bits per heavy atom. The number of carbonyl (C=O) groups is 2. The molecule has 0 radical (unpaired) electrons. The lowest BCUT2D eigenvalue weighted by Gasteiger charge is -2.15. The Hall–Kier alpha value is -1.95. The van der Waals surface area contributed by atoms with Crippen molar-refractivity contribution in [2.45, 2.75) is 18.9 Å². The number of amides is 1. The predicted molar refractivity (Wildman–Crippen MR) is 68.6 cm³/mol. The molecule has 1 saturated heterocycles. The molecule has 1 amide bonds. The molecule has 0 bridgehead atoms. The molecular weight excluding hydrogens is 265 g/mol. The number of nitrogens with one attached hydrogen (secondary N) is 1. The van der Waals surface area contributed by atoms with Crippen LogP contribution in [0.3, 0.4) is 0 Å². The number of carboxylic acids is 1. The molecular formula is C14H16FNO4. The van der Waals surface area contributed by atoms with Crippen LogP contribution in [0.15, 0.2) is 24.3 Å². The Kier molecular flexibility index (Phi) is 4.68. The molecule has 2 unspecified atom stereocenters. The van der Waals surface area contributed by atoms with E-state index in [-0.39, 0.29) is 31.4 Å². The first-order chi connectivity index (χ1) is 9.56. The van der Waals surface area contributed by atoms with Crippen molar-refractivity contribution in [2.75, 3.05) is 13.2 Å². The summed E-state index contributed by atoms with van der Waals surface area (Å²) < 4.78 is 17.8. The van der Waals surface area contributed by atoms with Gasteiger partial charge in [-0.15, -0.1) is 0 Å². The second-order valence-corrected chi connectivity index (χ2v) is 4.78. The summed E-state index contributed by atoms with van der Waals surface area (Å²) in [5.74, 6) is -2.20. The fraction of sp³-hybridized carbons (Fsp3) is 0.429. The summed E-state index contributed by atoms with van der Waals surface area (Å²) in [7, 11) is 0. The maximum Gasteiger partial charge on any atom is 0.311 e. The summed E-state index contributed by atoms with van der Waals surface area (Å²) in [5, 5.41) is 11.6. The van der Waals surface area contributed by atoms with Crippen LogP contribution in [0.25, 0.3) is 0 Å². The maximum absolute atomic E-state index is 12.7. The number of carbonyl (C=O) groups excluding carboxylic acids is 1. The normalized spacial score (nSPS) is 21.6. The Morgan fingerprint density at radius 3 is 2.65 bits per heavy atom. The molecule has 1 aliphatic rings. The monoisotopic (exact) mass is 281 g/mol. The molecule has 2 atom stereocenters. The second kappa shape index (κ2) is 6.47. The minimum Gasteiger partial charge on any atom is -0.481 e. The quantitative estimate of drug-likeness (QED) is 0.843. The van der Waals surface area contributed by atoms with E-state index in [1.54, 1.807) is 12.1 Å². The van der Waals surface area contributed by atoms with Gasteiger partial charge in [-0.25, -0.2) is 4.39 Å². The van der Waals surface area contributed by atoms with Crippen LogP contribution in [0.2, 0.25) is 0 Å². The van der Waals surface area contributed by atoms with Crippen LogP contribution in [-0.4, -0.2) is 36.2 Å². The molecule has 20 heavy (non-hydrogen) atoms. The predicted octanol–water partition coefficient (Wildman–Crippen LogP) is 0.974. The van der Waals surface area contributed by atoms with Gasteiger partial charge in [-0.2, -0.15) is 0 Å². The lowest BCUT2D eigenvalue weighted by atomic mass is 10.0. The zero-order valence-electron chi connectivity index (χ0n) is 10.8. The van der Waals surface area contributed by atoms with E-state index < -0.39 is 17.9 Å². The van der Waals surface area contributed by atoms with E-state index in [1.807, 2.05) is 0 Å². The van der Waals surface area contributed by atoms with Gasteiger partial charge in [-0.05, 0) is 24.1 Å². The van der Waals surface area contributed by atoms with E-state index in [2.05, 4.69) is 5.32 Å². The molecule has 1 aliphatic heterocycles. The summed E-state index contributed by atoms with van der Waals surface area (Å²) >= 11 is 0. The maximum atomic E-state index is 12.7. The lowest BCUT2D eigenvalue weighted by Crippen LogP contribution is -2.42. The largest absolute Gasteiger partial charge is 0.481 e. The Balaban J connectivity index is 1.80. The van der Waals surface area contributed by atoms with Crippen LogP contribution >= 0.6 is 0 Å². The highest BCUT2D eigenvalue weighted by molar-refractivity contribution is 5.78. The van der Waals surface area contributed by atoms with Crippen molar-refractivity contribution in [2.24, 2.45) is 5.92 Å². The molecule has 1 aromatic rings. The molecule has 108 valence electrons. The van der Waals surface area contributed by atoms with Gasteiger partial charge in [-0.3, -0.25) is 9.59 Å². The van der Waals surface area contributed by atoms with Crippen LogP contribution in [0.5, 0.6) is 0 Å². The Labute approximate surface area is 115 Å². The molecule has 0 saturated carbocycles. The Bertz CT molecular complexity index is 488. The number of aryl methyl sites for hydroxylation is 1. The second-order valence-electron chi connectivity index (χ2n) is 4.78. The molecule has 6 heteroatoms. The highest BCUT2D eigenvalue weighted by Gasteiger charge is 2.34. The van der Waals surface area contributed by atoms with E-state index in [1.165, 1.54) is 12.1 Å². The number of benzene rings is 1. The highest BCUT2D eigenvalue weighted by Crippen LogP contribution is 2.14. The van der Waals surface area contributed by atoms with Crippen molar-refractivity contribution in [1.82, 2.24) is 5.32 Å². The van der Waals surface area contributed by atoms with E-state index in [0.717, 1.165) is 5.56 Å². The molecule has 0 spiro atoms. The molecule has 0 aliphatic carbocycles. The molecule has 1 fully saturated rings. The third-order valence-corrected chi connectivity index (χ3v) is 3.30. The first kappa shape index (κ1) is 14.5. The van der Waals surface area contributed by atoms with Gasteiger partial charge in [0.2, 0.25) is 5.91 Å². The summed E-state index contributed by atoms with van der Waals surface area (Å²) in [6, 6.07) is 5.47. The molecule has 1 heterocycles. The fourth-order valence-electron chi connectivity index (χ4n) is 2.13. The zero-order chi connectivity index (χ0) is 14.5. The van der Waals surface area contributed by atoms with Gasteiger partial charge in [0.1, 0.15) is 11.7 Å². The van der Waals surface area contributed by atoms with Crippen molar-refractivity contribution >= 4 is 11.9 Å². The molecule has 2 rings (SSSR count). The average molecular weight is 281 g/mol. The van der Waals surface area contributed by atoms with Crippen molar-refractivity contribution in [3.05, 3.63) is 35.6 Å². The summed E-state index contributed by atoms with van der Waals surface area (Å²) in [4.78, 5) is 22.7. The lowest BCUT2D eigenvalue weighted by molar-refractivity contribution is -0.142. The number of halogens is 1. The highest BCUT2D eigenvalue weighted by atomic mass is 19.1. The first-order valence-corrected chi connectivity index (χ1v) is 6.40. The van der Waals surface area contributed by atoms with Gasteiger partial charge in [-0.1, -0.05) is 12.1 Å². The summed E-state index contributed by atoms with van der Waals surface area (Å²) in [6.45, 7) is 0.345. The van der Waals surface area contributed by atoms with Crippen LogP contribution in [-0.2, 0) is 20.7 Å². The smallest absolute Gasteiger partial charge is 0.311 e. The van der Waals surface area contributed by atoms with Crippen LogP contribution in [0.4, 0.5) is 4.39 Å². The van der Waals surface area contributed by atoms with Crippen molar-refractivity contribution in [3.8, 4) is 0 Å². The van der Waals surface area contributed by atoms with E-state index in [0.29, 0.717) is 6.42 Å². The number of carboxylic acid groups (broad SMARTS) is 1. The number of ether oxygens (including phenoxy) is 1. The number of rotatable bonds is 5. The molecule has 0 aromatic heterocycles. The summed E-state index contributed by atoms with van der Waals surface area (Å²) in [5.41, 5.74) is 0.860. The van der Waals surface area contributed by atoms with Crippen LogP contribution in [0, 0.1) is 11.7 Å². The summed E-state index contributed by atoms with van der Waals surface area (Å²) in [6.07, 6.45) is 0.714. The van der Waals surface area contributed by atoms with Gasteiger partial charge in [0.25, 0.3) is 0 Å². The fourth-order valence-corrected chi connectivity index (χ4v) is 2.13. The number of aliphatic carboxylic acids is 1. The van der Waals surface area contributed by atoms with Crippen molar-refractivity contribution in [1.29, 1.82) is 0 Å². The Morgan fingerprint density at radius 1 is 1.30 bits per heavy atom. The number of hydrogen-bond donors (Lipinski definition) is 2. The van der Waals surface area contributed by atoms with Crippen molar-refractivity contribution < 1.29 is 23.8 Å². The van der Waals surface area contributed by atoms with Gasteiger partial charge in [0, 0.05) is 6.42 Å². The zero-order valence-corrected chi connectivity index (χ0v) is 10.8. The van der Waals surface area contributed by atoms with Crippen LogP contribution < -0.4 is 5.32 Å². The van der Waals surface area contributed by atoms with Gasteiger partial charge < -0.3 is 15.2 Å². The first-order valence-electron chi connectivity index (χ1n) is 6.40. The standard InChI is InChI=1S/C14H16FNO4/c15-10-4-1-9(2-5-10)3-6-13(17)16-12-8-20-7-11(12)14(18)19/h1-2,4-5,11-12H,3,6-8H2,(H,16,17)(H,18,19). The van der Waals surface area contributed by atoms with Gasteiger partial charge >= 0.3 is 5.97 Å². The molecule has 2 N–H and O–H groups in total. The topological polar surface area (TPSA) is 75.6 Å². The molecule has 5 nitrogen and oxygen atoms in total. The SMILES string of the molecule is O=C(CCc1ccc(F)cc1)NC1COCC1C(=O)O. The van der Waals surface area contributed by atoms with Crippen LogP contribution in [0.1, 0.15) is 12.0 Å². The van der Waals surface area contributed by atoms with E-state index in [4.69, 9.17) is 9.84 Å². The van der Waals surface area contributed by atoms with E-state index >= 15 is 0 Å².